The second-order valence-electron chi connectivity index (χ2n) is 11.2. The molecule has 39 heavy (non-hydrogen) atoms. The summed E-state index contributed by atoms with van der Waals surface area (Å²) in [5.74, 6) is 1.90. The fraction of sp³-hybridized carbons (Fsp3) is 0.533. The molecule has 1 unspecified atom stereocenters. The van der Waals surface area contributed by atoms with Gasteiger partial charge in [-0.15, -0.1) is 0 Å². The number of ether oxygens (including phenoxy) is 1. The van der Waals surface area contributed by atoms with Crippen molar-refractivity contribution in [2.45, 2.75) is 71.2 Å². The van der Waals surface area contributed by atoms with Crippen molar-refractivity contribution in [2.24, 2.45) is 5.92 Å². The SMILES string of the molecule is C=CC(=O)N1CCN(C(CC2CCC2)c2ccc([C@H](C)Nc3ncc4c(n3)N(C(C)C)C(=O)OC4)cc2)CC1. The van der Waals surface area contributed by atoms with Crippen molar-refractivity contribution < 1.29 is 14.3 Å². The van der Waals surface area contributed by atoms with Crippen LogP contribution in [0.25, 0.3) is 0 Å². The predicted octanol–water partition coefficient (Wildman–Crippen LogP) is 5.08. The van der Waals surface area contributed by atoms with Crippen LogP contribution in [-0.2, 0) is 16.1 Å². The van der Waals surface area contributed by atoms with Crippen molar-refractivity contribution in [1.29, 1.82) is 0 Å². The van der Waals surface area contributed by atoms with Gasteiger partial charge in [-0.25, -0.2) is 9.78 Å². The molecule has 0 bridgehead atoms. The molecule has 9 nitrogen and oxygen atoms in total. The fourth-order valence-electron chi connectivity index (χ4n) is 5.74. The highest BCUT2D eigenvalue weighted by molar-refractivity contribution is 5.89. The number of nitrogens with zero attached hydrogens (tertiary/aromatic N) is 5. The summed E-state index contributed by atoms with van der Waals surface area (Å²) < 4.78 is 5.26. The minimum absolute atomic E-state index is 0.0151. The quantitative estimate of drug-likeness (QED) is 0.451. The fourth-order valence-corrected chi connectivity index (χ4v) is 5.74. The number of hydrogen-bond donors (Lipinski definition) is 1. The third kappa shape index (κ3) is 5.93. The summed E-state index contributed by atoms with van der Waals surface area (Å²) in [6.45, 7) is 13.1. The standard InChI is InChI=1S/C30H40N6O3/c1-5-27(37)35-15-13-34(14-16-35)26(17-22-7-6-8-22)24-11-9-23(10-12-24)21(4)32-29-31-18-25-19-39-30(38)36(20(2)3)28(25)33-29/h5,9-12,18,20-22,26H,1,6-8,13-17,19H2,2-4H3,(H,31,32,33)/t21-,26?/m0/s1. The Hall–Kier alpha value is -3.46. The van der Waals surface area contributed by atoms with Gasteiger partial charge in [-0.05, 0) is 50.3 Å². The van der Waals surface area contributed by atoms with Gasteiger partial charge >= 0.3 is 6.09 Å². The van der Waals surface area contributed by atoms with Crippen molar-refractivity contribution >= 4 is 23.8 Å². The van der Waals surface area contributed by atoms with Crippen molar-refractivity contribution in [1.82, 2.24) is 19.8 Å². The third-order valence-corrected chi connectivity index (χ3v) is 8.32. The second kappa shape index (κ2) is 11.7. The smallest absolute Gasteiger partial charge is 0.416 e. The number of cyclic esters (lactones) is 1. The lowest BCUT2D eigenvalue weighted by molar-refractivity contribution is -0.128. The Morgan fingerprint density at radius 1 is 1.13 bits per heavy atom. The van der Waals surface area contributed by atoms with Gasteiger partial charge in [0.1, 0.15) is 12.4 Å². The zero-order valence-electron chi connectivity index (χ0n) is 23.3. The molecule has 9 heteroatoms. The van der Waals surface area contributed by atoms with Crippen LogP contribution in [-0.4, -0.2) is 64.0 Å². The van der Waals surface area contributed by atoms with Crippen LogP contribution < -0.4 is 10.2 Å². The lowest BCUT2D eigenvalue weighted by Crippen LogP contribution is -2.49. The number of carbonyl (C=O) groups is 2. The van der Waals surface area contributed by atoms with E-state index < -0.39 is 0 Å². The zero-order chi connectivity index (χ0) is 27.5. The molecule has 1 saturated heterocycles. The Balaban J connectivity index is 1.28. The number of piperazine rings is 1. The van der Waals surface area contributed by atoms with Gasteiger partial charge in [-0.3, -0.25) is 14.6 Å². The number of hydrogen-bond acceptors (Lipinski definition) is 7. The van der Waals surface area contributed by atoms with E-state index in [-0.39, 0.29) is 30.7 Å². The molecule has 1 aromatic carbocycles. The largest absolute Gasteiger partial charge is 0.444 e. The van der Waals surface area contributed by atoms with Gasteiger partial charge in [0.2, 0.25) is 11.9 Å². The zero-order valence-corrected chi connectivity index (χ0v) is 23.3. The van der Waals surface area contributed by atoms with E-state index in [1.165, 1.54) is 37.3 Å². The number of aromatic nitrogens is 2. The molecular formula is C30H40N6O3. The average molecular weight is 533 g/mol. The van der Waals surface area contributed by atoms with Gasteiger partial charge in [0.25, 0.3) is 0 Å². The highest BCUT2D eigenvalue weighted by atomic mass is 16.6. The Kier molecular flexibility index (Phi) is 8.16. The van der Waals surface area contributed by atoms with Gasteiger partial charge < -0.3 is 15.0 Å². The van der Waals surface area contributed by atoms with Gasteiger partial charge in [-0.2, -0.15) is 4.98 Å². The molecule has 208 valence electrons. The summed E-state index contributed by atoms with van der Waals surface area (Å²) in [4.78, 5) is 39.5. The minimum atomic E-state index is -0.379. The molecule has 1 saturated carbocycles. The summed E-state index contributed by atoms with van der Waals surface area (Å²) in [6.07, 6.45) is 7.90. The van der Waals surface area contributed by atoms with Gasteiger partial charge in [-0.1, -0.05) is 50.1 Å². The molecule has 2 fully saturated rings. The number of rotatable bonds is 9. The highest BCUT2D eigenvalue weighted by Crippen LogP contribution is 2.38. The first kappa shape index (κ1) is 27.1. The normalized spacial score (nSPS) is 19.6. The van der Waals surface area contributed by atoms with E-state index in [9.17, 15) is 9.59 Å². The Bertz CT molecular complexity index is 1190. The van der Waals surface area contributed by atoms with Crippen molar-refractivity contribution in [3.05, 3.63) is 59.8 Å². The molecule has 1 aliphatic carbocycles. The van der Waals surface area contributed by atoms with Crippen LogP contribution in [0.15, 0.2) is 43.1 Å². The Morgan fingerprint density at radius 2 is 1.82 bits per heavy atom. The summed E-state index contributed by atoms with van der Waals surface area (Å²) in [5, 5.41) is 3.41. The minimum Gasteiger partial charge on any atom is -0.444 e. The van der Waals surface area contributed by atoms with Crippen LogP contribution in [0.2, 0.25) is 0 Å². The lowest BCUT2D eigenvalue weighted by Gasteiger charge is -2.41. The van der Waals surface area contributed by atoms with E-state index >= 15 is 0 Å². The second-order valence-corrected chi connectivity index (χ2v) is 11.2. The van der Waals surface area contributed by atoms with E-state index in [4.69, 9.17) is 4.74 Å². The van der Waals surface area contributed by atoms with Crippen LogP contribution in [0.3, 0.4) is 0 Å². The molecule has 2 amide bonds. The van der Waals surface area contributed by atoms with Crippen LogP contribution in [0.4, 0.5) is 16.6 Å². The van der Waals surface area contributed by atoms with Crippen molar-refractivity contribution in [3.8, 4) is 0 Å². The molecule has 2 aromatic rings. The molecule has 1 aromatic heterocycles. The maximum atomic E-state index is 12.3. The highest BCUT2D eigenvalue weighted by Gasteiger charge is 2.32. The molecule has 2 aliphatic heterocycles. The molecule has 3 heterocycles. The first-order chi connectivity index (χ1) is 18.8. The van der Waals surface area contributed by atoms with E-state index in [1.54, 1.807) is 11.1 Å². The van der Waals surface area contributed by atoms with Gasteiger partial charge in [0.05, 0.1) is 11.6 Å². The van der Waals surface area contributed by atoms with Crippen molar-refractivity contribution in [3.63, 3.8) is 0 Å². The van der Waals surface area contributed by atoms with Crippen LogP contribution in [0, 0.1) is 5.92 Å². The molecule has 1 N–H and O–H groups in total. The first-order valence-electron chi connectivity index (χ1n) is 14.2. The number of fused-ring (bicyclic) bond motifs is 1. The van der Waals surface area contributed by atoms with E-state index in [0.29, 0.717) is 17.8 Å². The molecule has 2 atom stereocenters. The summed E-state index contributed by atoms with van der Waals surface area (Å²) in [5.41, 5.74) is 3.28. The lowest BCUT2D eigenvalue weighted by atomic mass is 9.79. The number of amides is 2. The summed E-state index contributed by atoms with van der Waals surface area (Å²) in [7, 11) is 0. The number of benzene rings is 1. The summed E-state index contributed by atoms with van der Waals surface area (Å²) in [6, 6.07) is 9.16. The van der Waals surface area contributed by atoms with Gasteiger partial charge in [0, 0.05) is 44.5 Å². The summed E-state index contributed by atoms with van der Waals surface area (Å²) >= 11 is 0. The topological polar surface area (TPSA) is 90.9 Å². The van der Waals surface area contributed by atoms with E-state index in [1.807, 2.05) is 18.7 Å². The van der Waals surface area contributed by atoms with E-state index in [0.717, 1.165) is 43.2 Å². The average Bonchev–Trinajstić information content (AvgIpc) is 2.92. The Morgan fingerprint density at radius 3 is 2.44 bits per heavy atom. The third-order valence-electron chi connectivity index (χ3n) is 8.32. The first-order valence-corrected chi connectivity index (χ1v) is 14.2. The maximum absolute atomic E-state index is 12.3. The van der Waals surface area contributed by atoms with Crippen molar-refractivity contribution in [2.75, 3.05) is 36.4 Å². The molecule has 5 rings (SSSR count). The molecule has 0 radical (unpaired) electrons. The van der Waals surface area contributed by atoms with Crippen LogP contribution in [0.5, 0.6) is 0 Å². The molecule has 0 spiro atoms. The number of carbonyl (C=O) groups excluding carboxylic acids is 2. The van der Waals surface area contributed by atoms with Crippen LogP contribution >= 0.6 is 0 Å². The number of nitrogens with one attached hydrogen (secondary N) is 1. The Labute approximate surface area is 231 Å². The predicted molar refractivity (Wildman–Crippen MR) is 151 cm³/mol. The van der Waals surface area contributed by atoms with Gasteiger partial charge in [0.15, 0.2) is 0 Å². The monoisotopic (exact) mass is 532 g/mol. The maximum Gasteiger partial charge on any atom is 0.416 e. The van der Waals surface area contributed by atoms with Crippen LogP contribution in [0.1, 0.15) is 75.2 Å². The van der Waals surface area contributed by atoms with E-state index in [2.05, 4.69) is 58.0 Å². The molecular weight excluding hydrogens is 492 g/mol. The number of anilines is 2. The molecule has 3 aliphatic rings.